The van der Waals surface area contributed by atoms with Gasteiger partial charge in [0.05, 0.1) is 24.5 Å². The Morgan fingerprint density at radius 2 is 2.06 bits per heavy atom. The fraction of sp³-hybridized carbons (Fsp3) is 0.400. The lowest BCUT2D eigenvalue weighted by molar-refractivity contribution is 0.141. The Kier molecular flexibility index (Phi) is 6.49. The number of cyclic esters (lactones) is 1. The van der Waals surface area contributed by atoms with Crippen LogP contribution >= 0.6 is 11.8 Å². The number of rotatable bonds is 4. The summed E-state index contributed by atoms with van der Waals surface area (Å²) in [6.07, 6.45) is 5.18. The summed E-state index contributed by atoms with van der Waals surface area (Å²) >= 11 is 1.04. The summed E-state index contributed by atoms with van der Waals surface area (Å²) in [7, 11) is 0. The van der Waals surface area contributed by atoms with Crippen molar-refractivity contribution in [3.8, 4) is 0 Å². The number of anilines is 2. The molecule has 3 amide bonds. The summed E-state index contributed by atoms with van der Waals surface area (Å²) < 4.78 is 21.6. The minimum absolute atomic E-state index is 0.159. The van der Waals surface area contributed by atoms with E-state index >= 15 is 0 Å². The van der Waals surface area contributed by atoms with Crippen LogP contribution in [-0.2, 0) is 4.74 Å². The Labute approximate surface area is 188 Å². The summed E-state index contributed by atoms with van der Waals surface area (Å²) in [6.45, 7) is 2.31. The van der Waals surface area contributed by atoms with Gasteiger partial charge in [-0.15, -0.1) is 0 Å². The van der Waals surface area contributed by atoms with Crippen molar-refractivity contribution in [2.45, 2.75) is 6.10 Å². The van der Waals surface area contributed by atoms with E-state index in [2.05, 4.69) is 10.3 Å². The number of amides is 3. The lowest BCUT2D eigenvalue weighted by Gasteiger charge is -2.36. The number of hydrogen-bond donors (Lipinski definition) is 1. The maximum atomic E-state index is 14.9. The molecule has 0 bridgehead atoms. The first-order chi connectivity index (χ1) is 15.5. The highest BCUT2D eigenvalue weighted by molar-refractivity contribution is 8.12. The molecule has 10 nitrogen and oxygen atoms in total. The van der Waals surface area contributed by atoms with Gasteiger partial charge in [-0.2, -0.15) is 0 Å². The second-order valence-corrected chi connectivity index (χ2v) is 8.13. The fourth-order valence-corrected chi connectivity index (χ4v) is 3.93. The molecule has 2 saturated heterocycles. The van der Waals surface area contributed by atoms with Crippen molar-refractivity contribution in [1.82, 2.24) is 19.8 Å². The van der Waals surface area contributed by atoms with E-state index in [9.17, 15) is 18.8 Å². The van der Waals surface area contributed by atoms with Gasteiger partial charge in [0.2, 0.25) is 0 Å². The monoisotopic (exact) mass is 462 g/mol. The van der Waals surface area contributed by atoms with Gasteiger partial charge < -0.3 is 19.9 Å². The molecule has 1 aromatic carbocycles. The van der Waals surface area contributed by atoms with Crippen LogP contribution < -0.4 is 15.1 Å². The topological polar surface area (TPSA) is 100 Å². The number of benzene rings is 1. The minimum Gasteiger partial charge on any atom is -0.442 e. The van der Waals surface area contributed by atoms with Gasteiger partial charge in [0.1, 0.15) is 18.2 Å². The van der Waals surface area contributed by atoms with Crippen LogP contribution in [0.4, 0.5) is 30.1 Å². The summed E-state index contributed by atoms with van der Waals surface area (Å²) in [6, 6.07) is 4.45. The zero-order valence-electron chi connectivity index (χ0n) is 17.4. The number of piperazine rings is 1. The van der Waals surface area contributed by atoms with Gasteiger partial charge >= 0.3 is 12.1 Å². The third-order valence-corrected chi connectivity index (χ3v) is 5.91. The van der Waals surface area contributed by atoms with Crippen LogP contribution in [0.2, 0.25) is 0 Å². The maximum absolute atomic E-state index is 14.9. The SMILES string of the molecule is CSC(=O)NC[C@H]1CN(c2ccc(N3CCN(C(=O)n4ccnc4)CC3)c(F)c2)C(=O)O1. The van der Waals surface area contributed by atoms with Crippen molar-refractivity contribution in [3.05, 3.63) is 42.7 Å². The smallest absolute Gasteiger partial charge is 0.414 e. The van der Waals surface area contributed by atoms with E-state index in [-0.39, 0.29) is 24.4 Å². The second kappa shape index (κ2) is 9.47. The van der Waals surface area contributed by atoms with E-state index in [1.165, 1.54) is 21.9 Å². The Hall–Kier alpha value is -3.28. The molecule has 2 aliphatic heterocycles. The molecule has 0 spiro atoms. The molecule has 3 heterocycles. The fourth-order valence-electron chi connectivity index (χ4n) is 3.70. The number of aromatic nitrogens is 2. The van der Waals surface area contributed by atoms with Crippen molar-refractivity contribution in [2.75, 3.05) is 55.3 Å². The number of hydrogen-bond acceptors (Lipinski definition) is 7. The highest BCUT2D eigenvalue weighted by Gasteiger charge is 2.33. The Balaban J connectivity index is 1.36. The Morgan fingerprint density at radius 3 is 2.72 bits per heavy atom. The molecule has 32 heavy (non-hydrogen) atoms. The van der Waals surface area contributed by atoms with Crippen LogP contribution in [0.25, 0.3) is 0 Å². The van der Waals surface area contributed by atoms with E-state index in [0.717, 1.165) is 11.8 Å². The molecule has 170 valence electrons. The Bertz CT molecular complexity index is 996. The third kappa shape index (κ3) is 4.64. The number of carbonyl (C=O) groups excluding carboxylic acids is 3. The number of carbonyl (C=O) groups is 3. The molecule has 0 aliphatic carbocycles. The molecular formula is C20H23FN6O4S. The van der Waals surface area contributed by atoms with E-state index in [1.54, 1.807) is 35.7 Å². The largest absolute Gasteiger partial charge is 0.442 e. The maximum Gasteiger partial charge on any atom is 0.414 e. The van der Waals surface area contributed by atoms with Crippen LogP contribution in [0.5, 0.6) is 0 Å². The average molecular weight is 463 g/mol. The summed E-state index contributed by atoms with van der Waals surface area (Å²) in [5.74, 6) is -0.455. The van der Waals surface area contributed by atoms with Gasteiger partial charge in [0, 0.05) is 38.6 Å². The normalized spacial score (nSPS) is 18.6. The van der Waals surface area contributed by atoms with Crippen molar-refractivity contribution in [1.29, 1.82) is 0 Å². The first kappa shape index (κ1) is 21.9. The van der Waals surface area contributed by atoms with Gasteiger partial charge in [0.15, 0.2) is 0 Å². The number of halogens is 1. The molecule has 1 atom stereocenters. The number of nitrogens with zero attached hydrogens (tertiary/aromatic N) is 5. The number of thioether (sulfide) groups is 1. The van der Waals surface area contributed by atoms with Crippen LogP contribution in [0.3, 0.4) is 0 Å². The number of ether oxygens (including phenoxy) is 1. The molecule has 0 unspecified atom stereocenters. The van der Waals surface area contributed by atoms with Crippen molar-refractivity contribution >= 4 is 40.5 Å². The molecule has 0 saturated carbocycles. The van der Waals surface area contributed by atoms with Crippen molar-refractivity contribution < 1.29 is 23.5 Å². The quantitative estimate of drug-likeness (QED) is 0.744. The first-order valence-electron chi connectivity index (χ1n) is 10.1. The average Bonchev–Trinajstić information content (AvgIpc) is 3.47. The first-order valence-corrected chi connectivity index (χ1v) is 11.3. The molecular weight excluding hydrogens is 439 g/mol. The zero-order valence-corrected chi connectivity index (χ0v) is 18.3. The van der Waals surface area contributed by atoms with Crippen LogP contribution in [0.15, 0.2) is 36.9 Å². The molecule has 1 aromatic heterocycles. The van der Waals surface area contributed by atoms with E-state index < -0.39 is 18.0 Å². The van der Waals surface area contributed by atoms with Gasteiger partial charge in [-0.1, -0.05) is 11.8 Å². The lowest BCUT2D eigenvalue weighted by Crippen LogP contribution is -2.50. The van der Waals surface area contributed by atoms with Crippen LogP contribution in [0, 0.1) is 5.82 Å². The van der Waals surface area contributed by atoms with Crippen LogP contribution in [-0.4, -0.2) is 83.4 Å². The predicted molar refractivity (Wildman–Crippen MR) is 118 cm³/mol. The summed E-state index contributed by atoms with van der Waals surface area (Å²) in [5, 5.41) is 2.45. The molecule has 1 N–H and O–H groups in total. The van der Waals surface area contributed by atoms with Crippen molar-refractivity contribution in [3.63, 3.8) is 0 Å². The van der Waals surface area contributed by atoms with Crippen molar-refractivity contribution in [2.24, 2.45) is 0 Å². The molecule has 2 fully saturated rings. The molecule has 4 rings (SSSR count). The van der Waals surface area contributed by atoms with E-state index in [1.807, 2.05) is 4.90 Å². The van der Waals surface area contributed by atoms with Gasteiger partial charge in [-0.25, -0.2) is 19.0 Å². The zero-order chi connectivity index (χ0) is 22.7. The van der Waals surface area contributed by atoms with Gasteiger partial charge in [-0.05, 0) is 24.5 Å². The van der Waals surface area contributed by atoms with E-state index in [0.29, 0.717) is 37.6 Å². The molecule has 0 radical (unpaired) electrons. The minimum atomic E-state index is -0.577. The number of imidazole rings is 1. The molecule has 2 aromatic rings. The highest BCUT2D eigenvalue weighted by Crippen LogP contribution is 2.28. The summed E-state index contributed by atoms with van der Waals surface area (Å²) in [4.78, 5) is 44.8. The van der Waals surface area contributed by atoms with Gasteiger partial charge in [-0.3, -0.25) is 14.3 Å². The predicted octanol–water partition coefficient (Wildman–Crippen LogP) is 2.21. The second-order valence-electron chi connectivity index (χ2n) is 7.35. The third-order valence-electron chi connectivity index (χ3n) is 5.39. The standard InChI is InChI=1S/C20H23FN6O4S/c1-32-18(28)23-11-15-12-27(20(30)31-15)14-2-3-17(16(21)10-14)24-6-8-25(9-7-24)19(29)26-5-4-22-13-26/h2-5,10,13,15H,6-9,11-12H2,1H3,(H,23,28)/t15-/m0/s1. The molecule has 2 aliphatic rings. The Morgan fingerprint density at radius 1 is 1.28 bits per heavy atom. The van der Waals surface area contributed by atoms with Crippen LogP contribution in [0.1, 0.15) is 0 Å². The molecule has 12 heteroatoms. The van der Waals surface area contributed by atoms with E-state index in [4.69, 9.17) is 4.74 Å². The number of nitrogens with one attached hydrogen (secondary N) is 1. The van der Waals surface area contributed by atoms with Gasteiger partial charge in [0.25, 0.3) is 5.24 Å². The summed E-state index contributed by atoms with van der Waals surface area (Å²) in [5.41, 5.74) is 0.809. The lowest BCUT2D eigenvalue weighted by atomic mass is 10.2. The highest BCUT2D eigenvalue weighted by atomic mass is 32.2.